The van der Waals surface area contributed by atoms with Gasteiger partial charge in [0.2, 0.25) is 0 Å². The molecule has 2 unspecified atom stereocenters. The van der Waals surface area contributed by atoms with E-state index in [0.717, 1.165) is 7.25 Å². The molecular formula is C28H37Cl2SiZr. The molecule has 0 saturated heterocycles. The van der Waals surface area contributed by atoms with Gasteiger partial charge in [0.1, 0.15) is 0 Å². The van der Waals surface area contributed by atoms with Crippen molar-refractivity contribution >= 4 is 17.1 Å². The van der Waals surface area contributed by atoms with Crippen LogP contribution in [0.4, 0.5) is 0 Å². The molecule has 0 nitrogen and oxygen atoms in total. The van der Waals surface area contributed by atoms with Crippen molar-refractivity contribution in [3.05, 3.63) is 82.9 Å². The second-order valence-electron chi connectivity index (χ2n) is 9.38. The van der Waals surface area contributed by atoms with Crippen LogP contribution in [-0.4, -0.2) is 5.92 Å². The fourth-order valence-corrected chi connectivity index (χ4v) is 26.7. The molecule has 2 atom stereocenters. The quantitative estimate of drug-likeness (QED) is 0.411. The Balaban J connectivity index is 0.00000181. The molecule has 171 valence electrons. The van der Waals surface area contributed by atoms with Crippen molar-refractivity contribution in [3.63, 3.8) is 0 Å². The smallest absolute Gasteiger partial charge is 1.00 e. The summed E-state index contributed by atoms with van der Waals surface area (Å²) in [5.74, 6) is -0.711. The van der Waals surface area contributed by atoms with Gasteiger partial charge in [-0.15, -0.1) is 0 Å². The third-order valence-corrected chi connectivity index (χ3v) is 28.3. The van der Waals surface area contributed by atoms with Gasteiger partial charge in [0.15, 0.2) is 0 Å². The summed E-state index contributed by atoms with van der Waals surface area (Å²) < 4.78 is 1.56. The number of fused-ring (bicyclic) bond motifs is 2. The van der Waals surface area contributed by atoms with E-state index in [1.54, 1.807) is 33.4 Å². The summed E-state index contributed by atoms with van der Waals surface area (Å²) in [4.78, 5) is 0. The molecule has 0 amide bonds. The van der Waals surface area contributed by atoms with E-state index in [4.69, 9.17) is 0 Å². The van der Waals surface area contributed by atoms with Crippen molar-refractivity contribution in [1.29, 1.82) is 0 Å². The zero-order valence-corrected chi connectivity index (χ0v) is 25.1. The molecule has 0 aliphatic heterocycles. The Kier molecular flexibility index (Phi) is 11.2. The Labute approximate surface area is 217 Å². The maximum atomic E-state index is 2.77. The van der Waals surface area contributed by atoms with Crippen LogP contribution in [0.1, 0.15) is 81.9 Å². The molecule has 32 heavy (non-hydrogen) atoms. The zero-order valence-electron chi connectivity index (χ0n) is 20.0. The number of hydrogen-bond acceptors (Lipinski definition) is 0. The summed E-state index contributed by atoms with van der Waals surface area (Å²) in [7, 11) is 0. The third kappa shape index (κ3) is 5.63. The van der Waals surface area contributed by atoms with E-state index in [0.29, 0.717) is 0 Å². The number of unbranched alkanes of at least 4 members (excludes halogenated alkanes) is 2. The molecule has 0 heterocycles. The van der Waals surface area contributed by atoms with Gasteiger partial charge in [-0.25, -0.2) is 0 Å². The van der Waals surface area contributed by atoms with E-state index in [2.05, 4.69) is 87.6 Å². The molecule has 2 aromatic rings. The summed E-state index contributed by atoms with van der Waals surface area (Å²) in [5.41, 5.74) is 9.87. The molecule has 4 heteroatoms. The van der Waals surface area contributed by atoms with E-state index in [-0.39, 0.29) is 24.8 Å². The van der Waals surface area contributed by atoms with Crippen LogP contribution in [0.25, 0.3) is 11.1 Å². The van der Waals surface area contributed by atoms with Crippen molar-refractivity contribution in [2.75, 3.05) is 0 Å². The molecule has 0 radical (unpaired) electrons. The van der Waals surface area contributed by atoms with Gasteiger partial charge in [-0.1, -0.05) is 0 Å². The Hall–Kier alpha value is -0.400. The van der Waals surface area contributed by atoms with E-state index >= 15 is 0 Å². The van der Waals surface area contributed by atoms with E-state index in [9.17, 15) is 0 Å². The number of allylic oxidation sites excluding steroid dienone is 4. The van der Waals surface area contributed by atoms with Crippen molar-refractivity contribution in [3.8, 4) is 0 Å². The summed E-state index contributed by atoms with van der Waals surface area (Å²) in [5, 5.41) is 0. The Bertz CT molecular complexity index is 876. The normalized spacial score (nSPS) is 18.3. The number of rotatable bonds is 9. The maximum absolute atomic E-state index is 2.77. The van der Waals surface area contributed by atoms with Gasteiger partial charge >= 0.3 is 194 Å². The van der Waals surface area contributed by atoms with Gasteiger partial charge in [0, 0.05) is 0 Å². The second kappa shape index (κ2) is 12.9. The van der Waals surface area contributed by atoms with Crippen LogP contribution in [0.2, 0.25) is 13.1 Å². The SMILES string of the molecule is CCCCC1=C[CH]([Zr+2]([CH]2C=C(CCCC)c3ccccc32)[SiH](C)C)c2ccccc21.[Cl-].[Cl-]. The van der Waals surface area contributed by atoms with Crippen molar-refractivity contribution in [2.24, 2.45) is 0 Å². The van der Waals surface area contributed by atoms with Crippen molar-refractivity contribution in [2.45, 2.75) is 72.7 Å². The minimum Gasteiger partial charge on any atom is -1.00 e. The topological polar surface area (TPSA) is 0 Å². The molecule has 0 fully saturated rings. The Morgan fingerprint density at radius 1 is 0.688 bits per heavy atom. The van der Waals surface area contributed by atoms with Gasteiger partial charge in [0.05, 0.1) is 0 Å². The zero-order chi connectivity index (χ0) is 21.1. The first-order valence-corrected chi connectivity index (χ1v) is 22.1. The van der Waals surface area contributed by atoms with Crippen LogP contribution in [0.3, 0.4) is 0 Å². The fourth-order valence-electron chi connectivity index (χ4n) is 5.52. The number of benzene rings is 2. The second-order valence-corrected chi connectivity index (χ2v) is 29.7. The van der Waals surface area contributed by atoms with Gasteiger partial charge < -0.3 is 24.8 Å². The molecule has 0 saturated carbocycles. The summed E-state index contributed by atoms with van der Waals surface area (Å²) in [6.07, 6.45) is 13.3. The Morgan fingerprint density at radius 3 is 1.47 bits per heavy atom. The summed E-state index contributed by atoms with van der Waals surface area (Å²) >= 11 is -1.79. The summed E-state index contributed by atoms with van der Waals surface area (Å²) in [6, 6.07) is 18.8. The average molecular weight is 564 g/mol. The molecule has 2 aliphatic carbocycles. The van der Waals surface area contributed by atoms with Crippen LogP contribution in [-0.2, 0) is 20.9 Å². The standard InChI is InChI=1S/2C13H15.C2H7Si.2ClH.Zr/c2*1-2-3-6-11-9-10-12-7-4-5-8-13(11)12;1-3-2;;;/h2*4-5,7-10H,2-3,6H2,1H3;3H,1-2H3;2*1H;/q;;;;;+2/p-2. The third-order valence-electron chi connectivity index (χ3n) is 7.00. The fraction of sp³-hybridized carbons (Fsp3) is 0.429. The summed E-state index contributed by atoms with van der Waals surface area (Å²) in [6.45, 7) is 9.96. The van der Waals surface area contributed by atoms with Crippen LogP contribution < -0.4 is 24.8 Å². The van der Waals surface area contributed by atoms with Crippen LogP contribution in [0.5, 0.6) is 0 Å². The molecule has 0 aromatic heterocycles. The van der Waals surface area contributed by atoms with Gasteiger partial charge in [-0.2, -0.15) is 0 Å². The molecule has 0 N–H and O–H groups in total. The first-order chi connectivity index (χ1) is 14.7. The van der Waals surface area contributed by atoms with Gasteiger partial charge in [-0.3, -0.25) is 0 Å². The van der Waals surface area contributed by atoms with E-state index in [1.807, 2.05) is 0 Å². The molecular weight excluding hydrogens is 527 g/mol. The van der Waals surface area contributed by atoms with Gasteiger partial charge in [0.25, 0.3) is 0 Å². The largest absolute Gasteiger partial charge is 1.00 e. The average Bonchev–Trinajstić information content (AvgIpc) is 3.30. The van der Waals surface area contributed by atoms with Crippen LogP contribution in [0, 0.1) is 0 Å². The van der Waals surface area contributed by atoms with Crippen LogP contribution in [0.15, 0.2) is 60.7 Å². The predicted octanol–water partition coefficient (Wildman–Crippen LogP) is 2.25. The van der Waals surface area contributed by atoms with Crippen LogP contribution >= 0.6 is 0 Å². The molecule has 2 aliphatic rings. The first-order valence-electron chi connectivity index (χ1n) is 12.1. The van der Waals surface area contributed by atoms with E-state index < -0.39 is 26.8 Å². The van der Waals surface area contributed by atoms with Crippen molar-refractivity contribution in [1.82, 2.24) is 0 Å². The number of hydrogen-bond donors (Lipinski definition) is 0. The minimum atomic E-state index is -1.79. The van der Waals surface area contributed by atoms with Gasteiger partial charge in [-0.05, 0) is 0 Å². The predicted molar refractivity (Wildman–Crippen MR) is 132 cm³/mol. The van der Waals surface area contributed by atoms with E-state index in [1.165, 1.54) is 38.5 Å². The maximum Gasteiger partial charge on any atom is -1.00 e. The first kappa shape index (κ1) is 27.8. The molecule has 0 bridgehead atoms. The van der Waals surface area contributed by atoms with Crippen molar-refractivity contribution < 1.29 is 45.7 Å². The monoisotopic (exact) mass is 561 g/mol. The Morgan fingerprint density at radius 2 is 1.09 bits per heavy atom. The minimum absolute atomic E-state index is 0. The molecule has 4 rings (SSSR count). The number of halogens is 2. The molecule has 2 aromatic carbocycles. The molecule has 0 spiro atoms.